The highest BCUT2D eigenvalue weighted by atomic mass is 32.1. The van der Waals surface area contributed by atoms with Gasteiger partial charge in [0.1, 0.15) is 0 Å². The number of amides is 1. The summed E-state index contributed by atoms with van der Waals surface area (Å²) in [6.45, 7) is 4.17. The van der Waals surface area contributed by atoms with Crippen LogP contribution in [0.4, 0.5) is 5.13 Å². The third-order valence-electron chi connectivity index (χ3n) is 3.25. The maximum Gasteiger partial charge on any atom is 0.303 e. The first-order valence-corrected chi connectivity index (χ1v) is 8.41. The molecule has 0 aliphatic heterocycles. The van der Waals surface area contributed by atoms with Gasteiger partial charge in [-0.25, -0.2) is 4.98 Å². The molecule has 6 heteroatoms. The van der Waals surface area contributed by atoms with Crippen LogP contribution in [0.1, 0.15) is 58.1 Å². The van der Waals surface area contributed by atoms with Crippen LogP contribution in [0.2, 0.25) is 0 Å². The third kappa shape index (κ3) is 6.71. The summed E-state index contributed by atoms with van der Waals surface area (Å²) in [5.74, 6) is -0.690. The molecule has 118 valence electrons. The monoisotopic (exact) mass is 312 g/mol. The Labute approximate surface area is 129 Å². The van der Waals surface area contributed by atoms with E-state index in [0.29, 0.717) is 18.0 Å². The summed E-state index contributed by atoms with van der Waals surface area (Å²) in [5.41, 5.74) is 0.846. The molecular weight excluding hydrogens is 288 g/mol. The molecular formula is C15H24N2O3S. The van der Waals surface area contributed by atoms with E-state index in [2.05, 4.69) is 24.1 Å². The highest BCUT2D eigenvalue weighted by Gasteiger charge is 2.17. The molecule has 1 heterocycles. The fraction of sp³-hybridized carbons (Fsp3) is 0.667. The summed E-state index contributed by atoms with van der Waals surface area (Å²) in [6.07, 6.45) is 5.14. The van der Waals surface area contributed by atoms with Crippen molar-refractivity contribution in [1.82, 2.24) is 4.98 Å². The van der Waals surface area contributed by atoms with Crippen molar-refractivity contribution in [2.75, 3.05) is 5.32 Å². The van der Waals surface area contributed by atoms with Crippen LogP contribution in [-0.4, -0.2) is 22.0 Å². The van der Waals surface area contributed by atoms with Crippen molar-refractivity contribution in [1.29, 1.82) is 0 Å². The van der Waals surface area contributed by atoms with Crippen LogP contribution < -0.4 is 5.32 Å². The molecule has 0 unspecified atom stereocenters. The Morgan fingerprint density at radius 3 is 2.57 bits per heavy atom. The lowest BCUT2D eigenvalue weighted by Crippen LogP contribution is -2.22. The number of aromatic nitrogens is 1. The fourth-order valence-corrected chi connectivity index (χ4v) is 2.96. The molecule has 1 amide bonds. The highest BCUT2D eigenvalue weighted by molar-refractivity contribution is 7.13. The number of hydrogen-bond donors (Lipinski definition) is 2. The number of thiazole rings is 1. The Balaban J connectivity index is 2.48. The molecule has 0 fully saturated rings. The van der Waals surface area contributed by atoms with Crippen LogP contribution in [0.15, 0.2) is 5.38 Å². The second kappa shape index (κ2) is 9.50. The quantitative estimate of drug-likeness (QED) is 0.690. The number of anilines is 1. The molecule has 0 atom stereocenters. The van der Waals surface area contributed by atoms with Gasteiger partial charge in [-0.05, 0) is 25.7 Å². The Morgan fingerprint density at radius 2 is 2.00 bits per heavy atom. The van der Waals surface area contributed by atoms with E-state index in [-0.39, 0.29) is 18.2 Å². The van der Waals surface area contributed by atoms with E-state index in [4.69, 9.17) is 5.11 Å². The first kappa shape index (κ1) is 17.6. The topological polar surface area (TPSA) is 79.3 Å². The number of carboxylic acids is 1. The van der Waals surface area contributed by atoms with Gasteiger partial charge in [0, 0.05) is 17.7 Å². The van der Waals surface area contributed by atoms with Crippen LogP contribution in [0.5, 0.6) is 0 Å². The molecule has 1 aromatic rings. The Kier molecular flexibility index (Phi) is 7.97. The normalized spacial score (nSPS) is 10.8. The smallest absolute Gasteiger partial charge is 0.303 e. The highest BCUT2D eigenvalue weighted by Crippen LogP contribution is 2.20. The summed E-state index contributed by atoms with van der Waals surface area (Å²) in [5, 5.41) is 14.0. The van der Waals surface area contributed by atoms with Gasteiger partial charge < -0.3 is 10.4 Å². The Bertz CT molecular complexity index is 454. The predicted molar refractivity (Wildman–Crippen MR) is 84.6 cm³/mol. The van der Waals surface area contributed by atoms with E-state index in [9.17, 15) is 9.59 Å². The number of aryl methyl sites for hydroxylation is 1. The molecule has 0 aliphatic carbocycles. The van der Waals surface area contributed by atoms with Gasteiger partial charge in [-0.15, -0.1) is 11.3 Å². The molecule has 0 spiro atoms. The minimum Gasteiger partial charge on any atom is -0.481 e. The summed E-state index contributed by atoms with van der Waals surface area (Å²) in [6, 6.07) is 0. The van der Waals surface area contributed by atoms with Gasteiger partial charge in [-0.3, -0.25) is 9.59 Å². The first-order chi connectivity index (χ1) is 10.1. The van der Waals surface area contributed by atoms with E-state index < -0.39 is 5.97 Å². The molecule has 21 heavy (non-hydrogen) atoms. The van der Waals surface area contributed by atoms with Crippen LogP contribution >= 0.6 is 11.3 Å². The van der Waals surface area contributed by atoms with Crippen LogP contribution in [0.25, 0.3) is 0 Å². The number of carboxylic acid groups (broad SMARTS) is 1. The second-order valence-electron chi connectivity index (χ2n) is 5.15. The largest absolute Gasteiger partial charge is 0.481 e. The summed E-state index contributed by atoms with van der Waals surface area (Å²) >= 11 is 1.40. The van der Waals surface area contributed by atoms with E-state index in [1.165, 1.54) is 11.3 Å². The van der Waals surface area contributed by atoms with Crippen LogP contribution in [0.3, 0.4) is 0 Å². The zero-order valence-corrected chi connectivity index (χ0v) is 13.5. The van der Waals surface area contributed by atoms with E-state index >= 15 is 0 Å². The van der Waals surface area contributed by atoms with Crippen LogP contribution in [0, 0.1) is 5.92 Å². The van der Waals surface area contributed by atoms with Gasteiger partial charge in [-0.1, -0.05) is 26.7 Å². The first-order valence-electron chi connectivity index (χ1n) is 7.53. The van der Waals surface area contributed by atoms with Crippen molar-refractivity contribution < 1.29 is 14.7 Å². The summed E-state index contributed by atoms with van der Waals surface area (Å²) in [7, 11) is 0. The lowest BCUT2D eigenvalue weighted by molar-refractivity contribution is -0.137. The molecule has 0 bridgehead atoms. The number of aliphatic carboxylic acids is 1. The molecule has 0 aliphatic rings. The van der Waals surface area contributed by atoms with Crippen molar-refractivity contribution in [3.05, 3.63) is 11.1 Å². The number of hydrogen-bond acceptors (Lipinski definition) is 4. The van der Waals surface area contributed by atoms with Crippen molar-refractivity contribution >= 4 is 28.3 Å². The SMILES string of the molecule is CCCC(CCC)C(=O)Nc1nc(CCCC(=O)O)cs1. The third-order valence-corrected chi connectivity index (χ3v) is 4.06. The van der Waals surface area contributed by atoms with Crippen molar-refractivity contribution in [2.45, 2.75) is 58.8 Å². The second-order valence-corrected chi connectivity index (χ2v) is 6.01. The number of nitrogens with one attached hydrogen (secondary N) is 1. The van der Waals surface area contributed by atoms with E-state index in [1.54, 1.807) is 0 Å². The average Bonchev–Trinajstić information content (AvgIpc) is 2.85. The standard InChI is InChI=1S/C15H24N2O3S/c1-3-6-11(7-4-2)14(20)17-15-16-12(10-21-15)8-5-9-13(18)19/h10-11H,3-9H2,1-2H3,(H,18,19)(H,16,17,20). The van der Waals surface area contributed by atoms with Gasteiger partial charge in [0.25, 0.3) is 0 Å². The molecule has 0 saturated heterocycles. The predicted octanol–water partition coefficient (Wildman–Crippen LogP) is 3.71. The molecule has 2 N–H and O–H groups in total. The summed E-state index contributed by atoms with van der Waals surface area (Å²) < 4.78 is 0. The maximum absolute atomic E-state index is 12.2. The van der Waals surface area contributed by atoms with Gasteiger partial charge in [0.15, 0.2) is 5.13 Å². The maximum atomic E-state index is 12.2. The van der Waals surface area contributed by atoms with Crippen molar-refractivity contribution in [2.24, 2.45) is 5.92 Å². The Hall–Kier alpha value is -1.43. The molecule has 1 rings (SSSR count). The van der Waals surface area contributed by atoms with Crippen molar-refractivity contribution in [3.63, 3.8) is 0 Å². The van der Waals surface area contributed by atoms with Gasteiger partial charge in [-0.2, -0.15) is 0 Å². The molecule has 0 saturated carbocycles. The minimum absolute atomic E-state index is 0.0464. The number of rotatable bonds is 10. The lowest BCUT2D eigenvalue weighted by atomic mass is 9.97. The van der Waals surface area contributed by atoms with Gasteiger partial charge >= 0.3 is 5.97 Å². The number of carbonyl (C=O) groups excluding carboxylic acids is 1. The Morgan fingerprint density at radius 1 is 1.33 bits per heavy atom. The van der Waals surface area contributed by atoms with Crippen LogP contribution in [-0.2, 0) is 16.0 Å². The molecule has 0 aromatic carbocycles. The summed E-state index contributed by atoms with van der Waals surface area (Å²) in [4.78, 5) is 27.0. The molecule has 5 nitrogen and oxygen atoms in total. The molecule has 1 aromatic heterocycles. The van der Waals surface area contributed by atoms with Crippen molar-refractivity contribution in [3.8, 4) is 0 Å². The zero-order valence-electron chi connectivity index (χ0n) is 12.7. The zero-order chi connectivity index (χ0) is 15.7. The number of nitrogens with zero attached hydrogens (tertiary/aromatic N) is 1. The average molecular weight is 312 g/mol. The minimum atomic E-state index is -0.791. The fourth-order valence-electron chi connectivity index (χ4n) is 2.21. The number of carbonyl (C=O) groups is 2. The van der Waals surface area contributed by atoms with Gasteiger partial charge in [0.2, 0.25) is 5.91 Å². The van der Waals surface area contributed by atoms with E-state index in [1.807, 2.05) is 5.38 Å². The molecule has 0 radical (unpaired) electrons. The lowest BCUT2D eigenvalue weighted by Gasteiger charge is -2.13. The van der Waals surface area contributed by atoms with Gasteiger partial charge in [0.05, 0.1) is 5.69 Å². The van der Waals surface area contributed by atoms with E-state index in [0.717, 1.165) is 31.4 Å².